The first-order valence-corrected chi connectivity index (χ1v) is 5.35. The number of amides is 2. The zero-order valence-corrected chi connectivity index (χ0v) is 9.60. The minimum atomic E-state index is -1.03. The lowest BCUT2D eigenvalue weighted by Gasteiger charge is -2.32. The zero-order chi connectivity index (χ0) is 12.1. The number of nitrogens with zero attached hydrogens (tertiary/aromatic N) is 1. The van der Waals surface area contributed by atoms with Gasteiger partial charge in [0.15, 0.2) is 0 Å². The maximum atomic E-state index is 11.7. The molecule has 1 unspecified atom stereocenters. The summed E-state index contributed by atoms with van der Waals surface area (Å²) in [7, 11) is 1.62. The van der Waals surface area contributed by atoms with Crippen LogP contribution in [0.3, 0.4) is 0 Å². The summed E-state index contributed by atoms with van der Waals surface area (Å²) < 4.78 is 5.19. The second kappa shape index (κ2) is 5.69. The Balaban J connectivity index is 2.44. The molecule has 16 heavy (non-hydrogen) atoms. The Hall–Kier alpha value is -1.30. The van der Waals surface area contributed by atoms with Gasteiger partial charge in [0.05, 0.1) is 6.10 Å². The van der Waals surface area contributed by atoms with Crippen molar-refractivity contribution < 1.29 is 19.4 Å². The van der Waals surface area contributed by atoms with E-state index >= 15 is 0 Å². The topological polar surface area (TPSA) is 78.9 Å². The van der Waals surface area contributed by atoms with Crippen LogP contribution >= 0.6 is 0 Å². The first-order chi connectivity index (χ1) is 7.54. The number of piperidine rings is 1. The Morgan fingerprint density at radius 2 is 2.25 bits per heavy atom. The van der Waals surface area contributed by atoms with Crippen molar-refractivity contribution >= 4 is 12.0 Å². The van der Waals surface area contributed by atoms with Gasteiger partial charge >= 0.3 is 12.0 Å². The Morgan fingerprint density at radius 1 is 1.56 bits per heavy atom. The summed E-state index contributed by atoms with van der Waals surface area (Å²) >= 11 is 0. The van der Waals surface area contributed by atoms with Gasteiger partial charge in [-0.2, -0.15) is 0 Å². The average molecular weight is 230 g/mol. The predicted molar refractivity (Wildman–Crippen MR) is 57.2 cm³/mol. The number of carboxylic acid groups (broad SMARTS) is 1. The summed E-state index contributed by atoms with van der Waals surface area (Å²) in [5, 5.41) is 11.1. The van der Waals surface area contributed by atoms with Crippen molar-refractivity contribution in [3.05, 3.63) is 0 Å². The summed E-state index contributed by atoms with van der Waals surface area (Å²) in [6.07, 6.45) is 1.88. The van der Waals surface area contributed by atoms with Gasteiger partial charge in [0.25, 0.3) is 0 Å². The second-order valence-corrected chi connectivity index (χ2v) is 3.96. The van der Waals surface area contributed by atoms with E-state index in [0.29, 0.717) is 13.1 Å². The molecule has 1 aliphatic heterocycles. The quantitative estimate of drug-likeness (QED) is 0.730. The Labute approximate surface area is 94.6 Å². The molecule has 1 fully saturated rings. The highest BCUT2D eigenvalue weighted by molar-refractivity contribution is 5.82. The molecule has 0 aromatic carbocycles. The number of methoxy groups -OCH3 is 1. The number of hydrogen-bond acceptors (Lipinski definition) is 3. The summed E-state index contributed by atoms with van der Waals surface area (Å²) in [6, 6.07) is -1.20. The van der Waals surface area contributed by atoms with Crippen molar-refractivity contribution in [1.82, 2.24) is 10.2 Å². The molecule has 92 valence electrons. The lowest BCUT2D eigenvalue weighted by molar-refractivity contribution is -0.138. The number of ether oxygens (including phenoxy) is 1. The van der Waals surface area contributed by atoms with Gasteiger partial charge in [-0.25, -0.2) is 4.79 Å². The van der Waals surface area contributed by atoms with Gasteiger partial charge in [0.1, 0.15) is 6.04 Å². The van der Waals surface area contributed by atoms with Gasteiger partial charge in [-0.1, -0.05) is 0 Å². The number of urea groups is 1. The third-order valence-electron chi connectivity index (χ3n) is 2.71. The van der Waals surface area contributed by atoms with Crippen LogP contribution in [0.5, 0.6) is 0 Å². The van der Waals surface area contributed by atoms with Crippen molar-refractivity contribution in [3.8, 4) is 0 Å². The zero-order valence-electron chi connectivity index (χ0n) is 9.60. The number of carbonyl (C=O) groups excluding carboxylic acids is 1. The summed E-state index contributed by atoms with van der Waals surface area (Å²) in [6.45, 7) is 2.62. The molecule has 1 saturated heterocycles. The third-order valence-corrected chi connectivity index (χ3v) is 2.71. The number of hydrogen-bond donors (Lipinski definition) is 2. The van der Waals surface area contributed by atoms with E-state index in [0.717, 1.165) is 12.8 Å². The number of rotatable bonds is 3. The van der Waals surface area contributed by atoms with Crippen molar-refractivity contribution in [2.45, 2.75) is 31.9 Å². The number of likely N-dealkylation sites (tertiary alicyclic amines) is 1. The van der Waals surface area contributed by atoms with E-state index in [2.05, 4.69) is 5.32 Å². The van der Waals surface area contributed by atoms with E-state index in [1.165, 1.54) is 6.92 Å². The summed E-state index contributed by atoms with van der Waals surface area (Å²) in [5.41, 5.74) is 0. The molecule has 2 atom stereocenters. The minimum Gasteiger partial charge on any atom is -0.480 e. The summed E-state index contributed by atoms with van der Waals surface area (Å²) in [4.78, 5) is 23.8. The molecule has 2 N–H and O–H groups in total. The van der Waals surface area contributed by atoms with Gasteiger partial charge in [-0.15, -0.1) is 0 Å². The Kier molecular flexibility index (Phi) is 4.54. The monoisotopic (exact) mass is 230 g/mol. The lowest BCUT2D eigenvalue weighted by Crippen LogP contribution is -2.51. The fourth-order valence-corrected chi connectivity index (χ4v) is 1.65. The van der Waals surface area contributed by atoms with Crippen LogP contribution in [0.15, 0.2) is 0 Å². The number of carbonyl (C=O) groups is 2. The van der Waals surface area contributed by atoms with Gasteiger partial charge in [0.2, 0.25) is 0 Å². The fraction of sp³-hybridized carbons (Fsp3) is 0.800. The summed E-state index contributed by atoms with van der Waals surface area (Å²) in [5.74, 6) is -1.03. The van der Waals surface area contributed by atoms with E-state index in [9.17, 15) is 9.59 Å². The fourth-order valence-electron chi connectivity index (χ4n) is 1.65. The standard InChI is InChI=1S/C10H18N2O4/c1-7(9(13)14)11-10(15)12-5-3-4-8(6-12)16-2/h7-8H,3-6H2,1-2H3,(H,11,15)(H,13,14)/t7-,8?/m0/s1. The molecule has 0 saturated carbocycles. The molecular weight excluding hydrogens is 212 g/mol. The largest absolute Gasteiger partial charge is 0.480 e. The van der Waals surface area contributed by atoms with Crippen LogP contribution in [0.4, 0.5) is 4.79 Å². The first kappa shape index (κ1) is 12.8. The van der Waals surface area contributed by atoms with Crippen molar-refractivity contribution in [2.75, 3.05) is 20.2 Å². The lowest BCUT2D eigenvalue weighted by atomic mass is 10.1. The van der Waals surface area contributed by atoms with E-state index in [-0.39, 0.29) is 12.1 Å². The van der Waals surface area contributed by atoms with Crippen molar-refractivity contribution in [1.29, 1.82) is 0 Å². The molecule has 0 radical (unpaired) electrons. The molecule has 1 aliphatic rings. The Bertz CT molecular complexity index is 270. The van der Waals surface area contributed by atoms with Gasteiger partial charge < -0.3 is 20.1 Å². The van der Waals surface area contributed by atoms with E-state index in [4.69, 9.17) is 9.84 Å². The Morgan fingerprint density at radius 3 is 2.81 bits per heavy atom. The highest BCUT2D eigenvalue weighted by atomic mass is 16.5. The number of carboxylic acids is 1. The first-order valence-electron chi connectivity index (χ1n) is 5.35. The van der Waals surface area contributed by atoms with Crippen LogP contribution < -0.4 is 5.32 Å². The smallest absolute Gasteiger partial charge is 0.325 e. The molecule has 0 bridgehead atoms. The van der Waals surface area contributed by atoms with Crippen LogP contribution in [-0.4, -0.2) is 54.4 Å². The molecule has 0 aliphatic carbocycles. The average Bonchev–Trinajstić information content (AvgIpc) is 2.28. The van der Waals surface area contributed by atoms with Crippen molar-refractivity contribution in [2.24, 2.45) is 0 Å². The van der Waals surface area contributed by atoms with E-state index in [1.807, 2.05) is 0 Å². The van der Waals surface area contributed by atoms with E-state index < -0.39 is 12.0 Å². The second-order valence-electron chi connectivity index (χ2n) is 3.96. The maximum Gasteiger partial charge on any atom is 0.325 e. The maximum absolute atomic E-state index is 11.7. The molecule has 2 amide bonds. The molecule has 0 aromatic rings. The predicted octanol–water partition coefficient (Wildman–Crippen LogP) is 0.280. The molecule has 6 heteroatoms. The molecule has 0 spiro atoms. The van der Waals surface area contributed by atoms with Crippen molar-refractivity contribution in [3.63, 3.8) is 0 Å². The highest BCUT2D eigenvalue weighted by Gasteiger charge is 2.25. The van der Waals surface area contributed by atoms with Gasteiger partial charge in [0, 0.05) is 20.2 Å². The van der Waals surface area contributed by atoms with Gasteiger partial charge in [-0.3, -0.25) is 4.79 Å². The molecule has 1 rings (SSSR count). The van der Waals surface area contributed by atoms with Crippen LogP contribution in [0.25, 0.3) is 0 Å². The SMILES string of the molecule is COC1CCCN(C(=O)N[C@@H](C)C(=O)O)C1. The molecule has 6 nitrogen and oxygen atoms in total. The van der Waals surface area contributed by atoms with Crippen LogP contribution in [0.2, 0.25) is 0 Å². The third kappa shape index (κ3) is 3.37. The number of aliphatic carboxylic acids is 1. The van der Waals surface area contributed by atoms with Crippen LogP contribution in [0.1, 0.15) is 19.8 Å². The van der Waals surface area contributed by atoms with E-state index in [1.54, 1.807) is 12.0 Å². The molecular formula is C10H18N2O4. The van der Waals surface area contributed by atoms with Crippen LogP contribution in [-0.2, 0) is 9.53 Å². The normalized spacial score (nSPS) is 22.6. The highest BCUT2D eigenvalue weighted by Crippen LogP contribution is 2.12. The number of nitrogens with one attached hydrogen (secondary N) is 1. The molecule has 1 heterocycles. The molecule has 0 aromatic heterocycles. The van der Waals surface area contributed by atoms with Crippen LogP contribution in [0, 0.1) is 0 Å². The van der Waals surface area contributed by atoms with Gasteiger partial charge in [-0.05, 0) is 19.8 Å². The minimum absolute atomic E-state index is 0.0552.